The first-order valence-electron chi connectivity index (χ1n) is 6.35. The first kappa shape index (κ1) is 15.8. The monoisotopic (exact) mass is 321 g/mol. The van der Waals surface area contributed by atoms with Gasteiger partial charge in [0.25, 0.3) is 0 Å². The molecule has 0 saturated heterocycles. The maximum Gasteiger partial charge on any atom is 0.323 e. The zero-order valence-electron chi connectivity index (χ0n) is 11.6. The molecule has 2 aromatic carbocycles. The fourth-order valence-electron chi connectivity index (χ4n) is 1.75. The Morgan fingerprint density at radius 2 is 1.68 bits per heavy atom. The SMILES string of the molecule is CC(=O)Nc1cccc(NC(=O)Nc2ccc(Cl)cc2F)c1. The van der Waals surface area contributed by atoms with Crippen LogP contribution in [0.15, 0.2) is 42.5 Å². The Morgan fingerprint density at radius 1 is 1.00 bits per heavy atom. The lowest BCUT2D eigenvalue weighted by Gasteiger charge is -2.10. The van der Waals surface area contributed by atoms with Crippen LogP contribution in [0.3, 0.4) is 0 Å². The summed E-state index contributed by atoms with van der Waals surface area (Å²) < 4.78 is 13.6. The normalized spacial score (nSPS) is 9.95. The van der Waals surface area contributed by atoms with Crippen molar-refractivity contribution in [3.8, 4) is 0 Å². The molecule has 0 fully saturated rings. The summed E-state index contributed by atoms with van der Waals surface area (Å²) in [6.45, 7) is 1.39. The largest absolute Gasteiger partial charge is 0.326 e. The number of hydrogen-bond acceptors (Lipinski definition) is 2. The van der Waals surface area contributed by atoms with Crippen molar-refractivity contribution in [3.05, 3.63) is 53.3 Å². The Bertz CT molecular complexity index is 722. The van der Waals surface area contributed by atoms with Crippen molar-refractivity contribution in [3.63, 3.8) is 0 Å². The molecule has 0 aliphatic heterocycles. The first-order chi connectivity index (χ1) is 10.4. The predicted molar refractivity (Wildman–Crippen MR) is 84.8 cm³/mol. The molecular weight excluding hydrogens is 309 g/mol. The van der Waals surface area contributed by atoms with Crippen molar-refractivity contribution in [1.29, 1.82) is 0 Å². The minimum atomic E-state index is -0.630. The average molecular weight is 322 g/mol. The topological polar surface area (TPSA) is 70.2 Å². The maximum absolute atomic E-state index is 13.6. The number of rotatable bonds is 3. The van der Waals surface area contributed by atoms with Crippen LogP contribution < -0.4 is 16.0 Å². The van der Waals surface area contributed by atoms with Gasteiger partial charge in [0.2, 0.25) is 5.91 Å². The maximum atomic E-state index is 13.6. The number of halogens is 2. The fraction of sp³-hybridized carbons (Fsp3) is 0.0667. The van der Waals surface area contributed by atoms with Crippen LogP contribution in [-0.4, -0.2) is 11.9 Å². The van der Waals surface area contributed by atoms with Crippen LogP contribution in [0.1, 0.15) is 6.92 Å². The van der Waals surface area contributed by atoms with Gasteiger partial charge in [-0.3, -0.25) is 4.79 Å². The summed E-state index contributed by atoms with van der Waals surface area (Å²) in [5, 5.41) is 7.76. The smallest absolute Gasteiger partial charge is 0.323 e. The van der Waals surface area contributed by atoms with E-state index in [-0.39, 0.29) is 16.6 Å². The second kappa shape index (κ2) is 6.91. The Hall–Kier alpha value is -2.60. The summed E-state index contributed by atoms with van der Waals surface area (Å²) in [5.41, 5.74) is 1.01. The lowest BCUT2D eigenvalue weighted by molar-refractivity contribution is -0.114. The number of benzene rings is 2. The van der Waals surface area contributed by atoms with E-state index in [0.717, 1.165) is 6.07 Å². The molecule has 7 heteroatoms. The van der Waals surface area contributed by atoms with Gasteiger partial charge >= 0.3 is 6.03 Å². The van der Waals surface area contributed by atoms with E-state index < -0.39 is 11.8 Å². The number of nitrogens with one attached hydrogen (secondary N) is 3. The van der Waals surface area contributed by atoms with Crippen LogP contribution in [0, 0.1) is 5.82 Å². The van der Waals surface area contributed by atoms with Crippen LogP contribution in [0.25, 0.3) is 0 Å². The number of hydrogen-bond donors (Lipinski definition) is 3. The molecule has 0 heterocycles. The second-order valence-corrected chi connectivity index (χ2v) is 4.90. The lowest BCUT2D eigenvalue weighted by Crippen LogP contribution is -2.20. The van der Waals surface area contributed by atoms with Crippen LogP contribution in [-0.2, 0) is 4.79 Å². The highest BCUT2D eigenvalue weighted by molar-refractivity contribution is 6.30. The van der Waals surface area contributed by atoms with E-state index >= 15 is 0 Å². The first-order valence-corrected chi connectivity index (χ1v) is 6.72. The van der Waals surface area contributed by atoms with Gasteiger partial charge in [-0.2, -0.15) is 0 Å². The quantitative estimate of drug-likeness (QED) is 0.797. The van der Waals surface area contributed by atoms with E-state index in [9.17, 15) is 14.0 Å². The molecule has 0 aliphatic carbocycles. The van der Waals surface area contributed by atoms with E-state index in [1.165, 1.54) is 19.1 Å². The second-order valence-electron chi connectivity index (χ2n) is 4.47. The third kappa shape index (κ3) is 4.46. The standard InChI is InChI=1S/C15H13ClFN3O2/c1-9(21)18-11-3-2-4-12(8-11)19-15(22)20-14-6-5-10(16)7-13(14)17/h2-8H,1H3,(H,18,21)(H2,19,20,22). The predicted octanol–water partition coefficient (Wildman–Crippen LogP) is 4.08. The molecule has 0 aliphatic rings. The summed E-state index contributed by atoms with van der Waals surface area (Å²) in [6.07, 6.45) is 0. The molecule has 0 bridgehead atoms. The number of urea groups is 1. The van der Waals surface area contributed by atoms with Gasteiger partial charge in [0, 0.05) is 23.3 Å². The third-order valence-electron chi connectivity index (χ3n) is 2.62. The van der Waals surface area contributed by atoms with Crippen LogP contribution in [0.2, 0.25) is 5.02 Å². The summed E-state index contributed by atoms with van der Waals surface area (Å²) >= 11 is 5.64. The minimum Gasteiger partial charge on any atom is -0.326 e. The average Bonchev–Trinajstić information content (AvgIpc) is 2.41. The van der Waals surface area contributed by atoms with Crippen LogP contribution >= 0.6 is 11.6 Å². The fourth-order valence-corrected chi connectivity index (χ4v) is 1.91. The van der Waals surface area contributed by atoms with Crippen molar-refractivity contribution in [2.75, 3.05) is 16.0 Å². The zero-order chi connectivity index (χ0) is 16.1. The molecule has 5 nitrogen and oxygen atoms in total. The zero-order valence-corrected chi connectivity index (χ0v) is 12.4. The van der Waals surface area contributed by atoms with Crippen molar-refractivity contribution < 1.29 is 14.0 Å². The number of amides is 3. The van der Waals surface area contributed by atoms with E-state index in [1.807, 2.05) is 0 Å². The number of anilines is 3. The minimum absolute atomic E-state index is 0.0138. The van der Waals surface area contributed by atoms with E-state index in [4.69, 9.17) is 11.6 Å². The van der Waals surface area contributed by atoms with Crippen LogP contribution in [0.5, 0.6) is 0 Å². The van der Waals surface area contributed by atoms with Gasteiger partial charge in [-0.25, -0.2) is 9.18 Å². The highest BCUT2D eigenvalue weighted by Crippen LogP contribution is 2.20. The third-order valence-corrected chi connectivity index (χ3v) is 2.86. The van der Waals surface area contributed by atoms with Crippen molar-refractivity contribution in [2.45, 2.75) is 6.92 Å². The molecule has 0 atom stereocenters. The highest BCUT2D eigenvalue weighted by atomic mass is 35.5. The van der Waals surface area contributed by atoms with Gasteiger partial charge in [-0.1, -0.05) is 17.7 Å². The molecule has 2 rings (SSSR count). The van der Waals surface area contributed by atoms with Gasteiger partial charge in [-0.05, 0) is 36.4 Å². The molecule has 0 unspecified atom stereocenters. The Balaban J connectivity index is 2.04. The van der Waals surface area contributed by atoms with Gasteiger partial charge in [0.15, 0.2) is 0 Å². The summed E-state index contributed by atoms with van der Waals surface area (Å²) in [6, 6.07) is 9.91. The van der Waals surface area contributed by atoms with E-state index in [1.54, 1.807) is 24.3 Å². The van der Waals surface area contributed by atoms with Gasteiger partial charge < -0.3 is 16.0 Å². The van der Waals surface area contributed by atoms with Crippen molar-refractivity contribution in [1.82, 2.24) is 0 Å². The van der Waals surface area contributed by atoms with Crippen molar-refractivity contribution in [2.24, 2.45) is 0 Å². The summed E-state index contributed by atoms with van der Waals surface area (Å²) in [4.78, 5) is 22.8. The van der Waals surface area contributed by atoms with Gasteiger partial charge in [0.05, 0.1) is 5.69 Å². The molecule has 0 saturated carbocycles. The number of carbonyl (C=O) groups excluding carboxylic acids is 2. The van der Waals surface area contributed by atoms with Gasteiger partial charge in [0.1, 0.15) is 5.82 Å². The molecule has 3 amide bonds. The summed E-state index contributed by atoms with van der Waals surface area (Å²) in [5.74, 6) is -0.848. The molecule has 2 aromatic rings. The molecule has 0 radical (unpaired) electrons. The van der Waals surface area contributed by atoms with E-state index in [0.29, 0.717) is 11.4 Å². The van der Waals surface area contributed by atoms with Gasteiger partial charge in [-0.15, -0.1) is 0 Å². The van der Waals surface area contributed by atoms with E-state index in [2.05, 4.69) is 16.0 Å². The summed E-state index contributed by atoms with van der Waals surface area (Å²) in [7, 11) is 0. The molecule has 22 heavy (non-hydrogen) atoms. The molecule has 0 spiro atoms. The Labute approximate surface area is 131 Å². The number of carbonyl (C=O) groups is 2. The Morgan fingerprint density at radius 3 is 2.32 bits per heavy atom. The molecule has 114 valence electrons. The highest BCUT2D eigenvalue weighted by Gasteiger charge is 2.08. The molecule has 3 N–H and O–H groups in total. The lowest BCUT2D eigenvalue weighted by atomic mass is 10.2. The molecule has 0 aromatic heterocycles. The van der Waals surface area contributed by atoms with Crippen molar-refractivity contribution >= 4 is 40.6 Å². The molecular formula is C15H13ClFN3O2. The Kier molecular flexibility index (Phi) is 4.95. The van der Waals surface area contributed by atoms with Crippen LogP contribution in [0.4, 0.5) is 26.2 Å².